The lowest BCUT2D eigenvalue weighted by Crippen LogP contribution is -2.39. The molecule has 1 aromatic carbocycles. The Kier molecular flexibility index (Phi) is 6.68. The number of ether oxygens (including phenoxy) is 1. The van der Waals surface area contributed by atoms with Crippen molar-refractivity contribution in [1.29, 1.82) is 0 Å². The van der Waals surface area contributed by atoms with Crippen molar-refractivity contribution in [2.75, 3.05) is 13.7 Å². The zero-order valence-corrected chi connectivity index (χ0v) is 15.0. The molecule has 0 saturated carbocycles. The van der Waals surface area contributed by atoms with E-state index < -0.39 is 34.5 Å². The minimum atomic E-state index is -3.79. The molecule has 3 amide bonds. The smallest absolute Gasteiger partial charge is 0.338 e. The summed E-state index contributed by atoms with van der Waals surface area (Å²) in [6.07, 6.45) is 1.43. The van der Waals surface area contributed by atoms with Crippen molar-refractivity contribution in [2.45, 2.75) is 11.4 Å². The summed E-state index contributed by atoms with van der Waals surface area (Å²) in [6.45, 7) is -0.670. The number of imide groups is 1. The lowest BCUT2D eigenvalue weighted by molar-refractivity contribution is -0.123. The number of rotatable bonds is 7. The third-order valence-corrected chi connectivity index (χ3v) is 4.65. The maximum atomic E-state index is 12.2. The molecule has 0 atom stereocenters. The first-order valence-electron chi connectivity index (χ1n) is 7.62. The second-order valence-electron chi connectivity index (χ2n) is 5.13. The van der Waals surface area contributed by atoms with Gasteiger partial charge in [-0.1, -0.05) is 0 Å². The molecule has 2 aromatic rings. The van der Waals surface area contributed by atoms with E-state index in [1.807, 2.05) is 5.32 Å². The molecular weight excluding hydrogens is 378 g/mol. The van der Waals surface area contributed by atoms with Crippen LogP contribution in [-0.2, 0) is 26.1 Å². The Bertz CT molecular complexity index is 906. The molecule has 0 radical (unpaired) electrons. The van der Waals surface area contributed by atoms with Crippen LogP contribution in [-0.4, -0.2) is 40.0 Å². The summed E-state index contributed by atoms with van der Waals surface area (Å²) in [7, 11) is -2.46. The van der Waals surface area contributed by atoms with Crippen LogP contribution in [0.5, 0.6) is 0 Å². The highest BCUT2D eigenvalue weighted by Crippen LogP contribution is 2.12. The summed E-state index contributed by atoms with van der Waals surface area (Å²) in [5.41, 5.74) is 0.0488. The van der Waals surface area contributed by atoms with Gasteiger partial charge in [0.25, 0.3) is 5.91 Å². The zero-order chi connectivity index (χ0) is 19.9. The maximum Gasteiger partial charge on any atom is 0.338 e. The van der Waals surface area contributed by atoms with Crippen LogP contribution in [0.4, 0.5) is 4.79 Å². The SMILES string of the molecule is CNC(=O)NC(=O)COC(=O)c1ccc(S(=O)(=O)NCc2ccco2)cc1. The van der Waals surface area contributed by atoms with Gasteiger partial charge in [0, 0.05) is 7.05 Å². The largest absolute Gasteiger partial charge is 0.468 e. The fourth-order valence-electron chi connectivity index (χ4n) is 1.87. The first kappa shape index (κ1) is 20.1. The van der Waals surface area contributed by atoms with Crippen LogP contribution < -0.4 is 15.4 Å². The molecule has 1 heterocycles. The normalized spacial score (nSPS) is 10.9. The molecule has 11 heteroatoms. The quantitative estimate of drug-likeness (QED) is 0.575. The number of carbonyl (C=O) groups is 3. The second kappa shape index (κ2) is 8.96. The first-order chi connectivity index (χ1) is 12.8. The van der Waals surface area contributed by atoms with E-state index in [9.17, 15) is 22.8 Å². The zero-order valence-electron chi connectivity index (χ0n) is 14.2. The molecular formula is C16H17N3O7S. The number of esters is 1. The van der Waals surface area contributed by atoms with Crippen LogP contribution in [0, 0.1) is 0 Å². The van der Waals surface area contributed by atoms with Crippen molar-refractivity contribution in [3.8, 4) is 0 Å². The van der Waals surface area contributed by atoms with Crippen molar-refractivity contribution in [1.82, 2.24) is 15.4 Å². The van der Waals surface area contributed by atoms with E-state index in [0.29, 0.717) is 5.76 Å². The first-order valence-corrected chi connectivity index (χ1v) is 9.11. The number of hydrogen-bond donors (Lipinski definition) is 3. The summed E-state index contributed by atoms with van der Waals surface area (Å²) < 4.78 is 36.5. The molecule has 0 unspecified atom stereocenters. The molecule has 0 saturated heterocycles. The van der Waals surface area contributed by atoms with Crippen LogP contribution in [0.1, 0.15) is 16.1 Å². The van der Waals surface area contributed by atoms with Crippen molar-refractivity contribution in [3.63, 3.8) is 0 Å². The van der Waals surface area contributed by atoms with E-state index in [2.05, 4.69) is 10.0 Å². The van der Waals surface area contributed by atoms with E-state index in [1.54, 1.807) is 12.1 Å². The van der Waals surface area contributed by atoms with Gasteiger partial charge >= 0.3 is 12.0 Å². The number of sulfonamides is 1. The van der Waals surface area contributed by atoms with Gasteiger partial charge < -0.3 is 14.5 Å². The number of carbonyl (C=O) groups excluding carboxylic acids is 3. The number of hydrogen-bond acceptors (Lipinski definition) is 7. The Labute approximate surface area is 154 Å². The average Bonchev–Trinajstić information content (AvgIpc) is 3.18. The van der Waals surface area contributed by atoms with Crippen LogP contribution >= 0.6 is 0 Å². The Morgan fingerprint density at radius 1 is 1.11 bits per heavy atom. The van der Waals surface area contributed by atoms with Gasteiger partial charge in [0.05, 0.1) is 23.3 Å². The standard InChI is InChI=1S/C16H17N3O7S/c1-17-16(22)19-14(20)10-26-15(21)11-4-6-13(7-5-11)27(23,24)18-9-12-3-2-8-25-12/h2-8,18H,9-10H2,1H3,(H2,17,19,20,22). The van der Waals surface area contributed by atoms with Crippen LogP contribution in [0.15, 0.2) is 52.0 Å². The van der Waals surface area contributed by atoms with Gasteiger partial charge in [-0.2, -0.15) is 0 Å². The summed E-state index contributed by atoms with van der Waals surface area (Å²) in [5, 5.41) is 4.10. The predicted molar refractivity (Wildman–Crippen MR) is 92.1 cm³/mol. The summed E-state index contributed by atoms with van der Waals surface area (Å²) in [4.78, 5) is 34.1. The number of amides is 3. The third-order valence-electron chi connectivity index (χ3n) is 3.23. The second-order valence-corrected chi connectivity index (χ2v) is 6.90. The highest BCUT2D eigenvalue weighted by Gasteiger charge is 2.16. The number of nitrogens with one attached hydrogen (secondary N) is 3. The number of benzene rings is 1. The van der Waals surface area contributed by atoms with Crippen LogP contribution in [0.2, 0.25) is 0 Å². The molecule has 0 aliphatic heterocycles. The maximum absolute atomic E-state index is 12.2. The number of furan rings is 1. The molecule has 10 nitrogen and oxygen atoms in total. The molecule has 3 N–H and O–H groups in total. The highest BCUT2D eigenvalue weighted by molar-refractivity contribution is 7.89. The minimum absolute atomic E-state index is 0.0143. The Balaban J connectivity index is 1.92. The van der Waals surface area contributed by atoms with Gasteiger partial charge in [-0.15, -0.1) is 0 Å². The van der Waals surface area contributed by atoms with Gasteiger partial charge in [-0.05, 0) is 36.4 Å². The van der Waals surface area contributed by atoms with Gasteiger partial charge in [0.1, 0.15) is 5.76 Å². The minimum Gasteiger partial charge on any atom is -0.468 e. The van der Waals surface area contributed by atoms with Gasteiger partial charge in [0.15, 0.2) is 6.61 Å². The van der Waals surface area contributed by atoms with E-state index in [4.69, 9.17) is 9.15 Å². The number of urea groups is 1. The van der Waals surface area contributed by atoms with Crippen LogP contribution in [0.25, 0.3) is 0 Å². The summed E-state index contributed by atoms with van der Waals surface area (Å²) in [5.74, 6) is -1.19. The van der Waals surface area contributed by atoms with Crippen molar-refractivity contribution >= 4 is 27.9 Å². The summed E-state index contributed by atoms with van der Waals surface area (Å²) >= 11 is 0. The lowest BCUT2D eigenvalue weighted by Gasteiger charge is -2.07. The lowest BCUT2D eigenvalue weighted by atomic mass is 10.2. The van der Waals surface area contributed by atoms with Crippen molar-refractivity contribution in [2.24, 2.45) is 0 Å². The molecule has 0 aliphatic carbocycles. The average molecular weight is 395 g/mol. The van der Waals surface area contributed by atoms with E-state index in [1.165, 1.54) is 37.6 Å². The van der Waals surface area contributed by atoms with E-state index >= 15 is 0 Å². The fourth-order valence-corrected chi connectivity index (χ4v) is 2.87. The summed E-state index contributed by atoms with van der Waals surface area (Å²) in [6, 6.07) is 7.49. The molecule has 0 spiro atoms. The molecule has 0 bridgehead atoms. The topological polar surface area (TPSA) is 144 Å². The molecule has 2 rings (SSSR count). The monoisotopic (exact) mass is 395 g/mol. The Hall–Kier alpha value is -3.18. The Morgan fingerprint density at radius 3 is 2.41 bits per heavy atom. The van der Waals surface area contributed by atoms with Crippen molar-refractivity contribution < 1.29 is 32.0 Å². The van der Waals surface area contributed by atoms with Gasteiger partial charge in [-0.25, -0.2) is 22.7 Å². The predicted octanol–water partition coefficient (Wildman–Crippen LogP) is 0.371. The fraction of sp³-hybridized carbons (Fsp3) is 0.188. The van der Waals surface area contributed by atoms with Gasteiger partial charge in [0.2, 0.25) is 10.0 Å². The molecule has 27 heavy (non-hydrogen) atoms. The molecule has 0 fully saturated rings. The van der Waals surface area contributed by atoms with Crippen LogP contribution in [0.3, 0.4) is 0 Å². The highest BCUT2D eigenvalue weighted by atomic mass is 32.2. The van der Waals surface area contributed by atoms with E-state index in [-0.39, 0.29) is 17.0 Å². The molecule has 144 valence electrons. The van der Waals surface area contributed by atoms with Gasteiger partial charge in [-0.3, -0.25) is 10.1 Å². The van der Waals surface area contributed by atoms with E-state index in [0.717, 1.165) is 0 Å². The Morgan fingerprint density at radius 2 is 1.81 bits per heavy atom. The molecule has 1 aromatic heterocycles. The molecule has 0 aliphatic rings. The van der Waals surface area contributed by atoms with Crippen molar-refractivity contribution in [3.05, 3.63) is 54.0 Å². The third kappa shape index (κ3) is 5.94.